The number of rotatable bonds is 6. The summed E-state index contributed by atoms with van der Waals surface area (Å²) in [6.45, 7) is 9.85. The van der Waals surface area contributed by atoms with Crippen LogP contribution in [0, 0.1) is 13.8 Å². The highest BCUT2D eigenvalue weighted by Crippen LogP contribution is 2.21. The summed E-state index contributed by atoms with van der Waals surface area (Å²) >= 11 is 0. The van der Waals surface area contributed by atoms with E-state index in [0.717, 1.165) is 60.7 Å². The van der Waals surface area contributed by atoms with Gasteiger partial charge in [-0.2, -0.15) is 0 Å². The molecule has 0 aromatic heterocycles. The normalized spacial score (nSPS) is 13.6. The number of hydrogen-bond donors (Lipinski definition) is 3. The maximum atomic E-state index is 12.3. The minimum Gasteiger partial charge on any atom is -0.368 e. The minimum absolute atomic E-state index is 0.0301. The van der Waals surface area contributed by atoms with Gasteiger partial charge in [0.25, 0.3) is 0 Å². The highest BCUT2D eigenvalue weighted by molar-refractivity contribution is 6.00. The molecule has 4 amide bonds. The van der Waals surface area contributed by atoms with E-state index in [4.69, 9.17) is 0 Å². The van der Waals surface area contributed by atoms with Gasteiger partial charge in [-0.05, 0) is 56.2 Å². The van der Waals surface area contributed by atoms with Crippen LogP contribution in [-0.2, 0) is 0 Å². The fraction of sp³-hybridized carbons (Fsp3) is 0.417. The molecule has 0 bridgehead atoms. The number of urea groups is 2. The van der Waals surface area contributed by atoms with E-state index in [1.54, 1.807) is 0 Å². The largest absolute Gasteiger partial charge is 0.368 e. The second-order valence-corrected chi connectivity index (χ2v) is 8.00. The number of carbonyl (C=O) groups excluding carboxylic acids is 2. The second-order valence-electron chi connectivity index (χ2n) is 8.00. The quantitative estimate of drug-likeness (QED) is 0.595. The molecule has 31 heavy (non-hydrogen) atoms. The Hall–Kier alpha value is -3.22. The van der Waals surface area contributed by atoms with Gasteiger partial charge in [0.1, 0.15) is 0 Å². The maximum Gasteiger partial charge on any atom is 0.323 e. The van der Waals surface area contributed by atoms with Gasteiger partial charge in [-0.25, -0.2) is 9.59 Å². The van der Waals surface area contributed by atoms with Crippen molar-refractivity contribution in [1.29, 1.82) is 0 Å². The zero-order valence-corrected chi connectivity index (χ0v) is 18.7. The molecule has 0 atom stereocenters. The van der Waals surface area contributed by atoms with Gasteiger partial charge < -0.3 is 25.8 Å². The van der Waals surface area contributed by atoms with Crippen LogP contribution in [0.4, 0.5) is 26.7 Å². The Morgan fingerprint density at radius 2 is 1.65 bits per heavy atom. The molecule has 1 heterocycles. The molecule has 0 spiro atoms. The molecule has 1 fully saturated rings. The van der Waals surface area contributed by atoms with Crippen LogP contribution in [0.25, 0.3) is 0 Å². The van der Waals surface area contributed by atoms with Crippen molar-refractivity contribution in [3.63, 3.8) is 0 Å². The van der Waals surface area contributed by atoms with Crippen LogP contribution in [-0.4, -0.2) is 49.7 Å². The lowest BCUT2D eigenvalue weighted by molar-refractivity contribution is 0.194. The van der Waals surface area contributed by atoms with Crippen LogP contribution in [0.3, 0.4) is 0 Å². The number of carbonyl (C=O) groups is 2. The zero-order chi connectivity index (χ0) is 22.2. The molecule has 0 aliphatic carbocycles. The first kappa shape index (κ1) is 22.5. The molecule has 3 N–H and O–H groups in total. The van der Waals surface area contributed by atoms with Crippen molar-refractivity contribution in [2.45, 2.75) is 33.6 Å². The van der Waals surface area contributed by atoms with Crippen molar-refractivity contribution in [2.75, 3.05) is 48.3 Å². The first-order valence-electron chi connectivity index (χ1n) is 11.0. The lowest BCUT2D eigenvalue weighted by atomic mass is 10.1. The summed E-state index contributed by atoms with van der Waals surface area (Å²) < 4.78 is 0. The summed E-state index contributed by atoms with van der Waals surface area (Å²) in [6, 6.07) is 13.5. The van der Waals surface area contributed by atoms with E-state index in [0.29, 0.717) is 13.1 Å². The number of amides is 4. The summed E-state index contributed by atoms with van der Waals surface area (Å²) in [4.78, 5) is 28.6. The fourth-order valence-corrected chi connectivity index (χ4v) is 3.65. The number of nitrogens with zero attached hydrogens (tertiary/aromatic N) is 2. The van der Waals surface area contributed by atoms with Crippen molar-refractivity contribution < 1.29 is 9.59 Å². The molecule has 2 aromatic rings. The first-order chi connectivity index (χ1) is 15.0. The molecule has 1 aliphatic rings. The lowest BCUT2D eigenvalue weighted by Gasteiger charge is -2.36. The third-order valence-corrected chi connectivity index (χ3v) is 5.49. The molecule has 1 aliphatic heterocycles. The van der Waals surface area contributed by atoms with E-state index >= 15 is 0 Å². The standard InChI is InChI=1S/C24H33N5O2/c1-4-5-12-25-24(31)29-15-13-28(14-16-29)21-9-7-20(8-10-21)26-23(30)27-22-11-6-18(2)17-19(22)3/h6-11,17H,4-5,12-16H2,1-3H3,(H,25,31)(H2,26,27,30). The SMILES string of the molecule is CCCCNC(=O)N1CCN(c2ccc(NC(=O)Nc3ccc(C)cc3C)cc2)CC1. The average molecular weight is 424 g/mol. The number of piperazine rings is 1. The molecule has 7 heteroatoms. The van der Waals surface area contributed by atoms with Crippen LogP contribution < -0.4 is 20.9 Å². The van der Waals surface area contributed by atoms with Gasteiger partial charge in [-0.3, -0.25) is 0 Å². The van der Waals surface area contributed by atoms with Crippen LogP contribution in [0.5, 0.6) is 0 Å². The van der Waals surface area contributed by atoms with Gasteiger partial charge in [0, 0.05) is 49.8 Å². The lowest BCUT2D eigenvalue weighted by Crippen LogP contribution is -2.52. The van der Waals surface area contributed by atoms with Crippen LogP contribution in [0.2, 0.25) is 0 Å². The van der Waals surface area contributed by atoms with Gasteiger partial charge in [-0.1, -0.05) is 31.0 Å². The summed E-state index contributed by atoms with van der Waals surface area (Å²) in [7, 11) is 0. The molecular weight excluding hydrogens is 390 g/mol. The molecule has 2 aromatic carbocycles. The van der Waals surface area contributed by atoms with E-state index in [1.165, 1.54) is 0 Å². The van der Waals surface area contributed by atoms with Crippen LogP contribution in [0.1, 0.15) is 30.9 Å². The number of benzene rings is 2. The van der Waals surface area contributed by atoms with Crippen molar-refractivity contribution in [3.8, 4) is 0 Å². The zero-order valence-electron chi connectivity index (χ0n) is 18.7. The topological polar surface area (TPSA) is 76.7 Å². The molecular formula is C24H33N5O2. The predicted octanol–water partition coefficient (Wildman–Crippen LogP) is 4.58. The summed E-state index contributed by atoms with van der Waals surface area (Å²) in [5.74, 6) is 0. The van der Waals surface area contributed by atoms with Crippen LogP contribution in [0.15, 0.2) is 42.5 Å². The minimum atomic E-state index is -0.262. The van der Waals surface area contributed by atoms with E-state index in [9.17, 15) is 9.59 Å². The number of nitrogens with one attached hydrogen (secondary N) is 3. The highest BCUT2D eigenvalue weighted by atomic mass is 16.2. The first-order valence-corrected chi connectivity index (χ1v) is 11.0. The predicted molar refractivity (Wildman–Crippen MR) is 127 cm³/mol. The second kappa shape index (κ2) is 10.7. The average Bonchev–Trinajstić information content (AvgIpc) is 2.76. The van der Waals surface area contributed by atoms with Gasteiger partial charge in [0.15, 0.2) is 0 Å². The summed E-state index contributed by atoms with van der Waals surface area (Å²) in [5.41, 5.74) is 4.82. The Morgan fingerprint density at radius 3 is 2.29 bits per heavy atom. The molecule has 0 unspecified atom stereocenters. The van der Waals surface area contributed by atoms with Crippen molar-refractivity contribution >= 4 is 29.1 Å². The number of hydrogen-bond acceptors (Lipinski definition) is 3. The maximum absolute atomic E-state index is 12.3. The monoisotopic (exact) mass is 423 g/mol. The van der Waals surface area contributed by atoms with Gasteiger partial charge >= 0.3 is 12.1 Å². The molecule has 0 radical (unpaired) electrons. The third kappa shape index (κ3) is 6.38. The number of anilines is 3. The smallest absolute Gasteiger partial charge is 0.323 e. The van der Waals surface area contributed by atoms with Gasteiger partial charge in [0.05, 0.1) is 0 Å². The Labute approximate surface area is 184 Å². The fourth-order valence-electron chi connectivity index (χ4n) is 3.65. The Kier molecular flexibility index (Phi) is 7.76. The Bertz CT molecular complexity index is 889. The van der Waals surface area contributed by atoms with E-state index in [1.807, 2.05) is 61.2 Å². The molecule has 7 nitrogen and oxygen atoms in total. The van der Waals surface area contributed by atoms with Crippen LogP contribution >= 0.6 is 0 Å². The molecule has 3 rings (SSSR count). The molecule has 166 valence electrons. The third-order valence-electron chi connectivity index (χ3n) is 5.49. The molecule has 0 saturated carbocycles. The summed E-state index contributed by atoms with van der Waals surface area (Å²) in [6.07, 6.45) is 2.08. The van der Waals surface area contributed by atoms with E-state index < -0.39 is 0 Å². The van der Waals surface area contributed by atoms with Crippen molar-refractivity contribution in [1.82, 2.24) is 10.2 Å². The van der Waals surface area contributed by atoms with Gasteiger partial charge in [0.2, 0.25) is 0 Å². The Balaban J connectivity index is 1.48. The number of unbranched alkanes of at least 4 members (excludes halogenated alkanes) is 1. The van der Waals surface area contributed by atoms with E-state index in [2.05, 4.69) is 27.8 Å². The van der Waals surface area contributed by atoms with Crippen molar-refractivity contribution in [3.05, 3.63) is 53.6 Å². The molecule has 1 saturated heterocycles. The number of aryl methyl sites for hydroxylation is 2. The summed E-state index contributed by atoms with van der Waals surface area (Å²) in [5, 5.41) is 8.75. The van der Waals surface area contributed by atoms with Crippen molar-refractivity contribution in [2.24, 2.45) is 0 Å². The highest BCUT2D eigenvalue weighted by Gasteiger charge is 2.21. The van der Waals surface area contributed by atoms with Gasteiger partial charge in [-0.15, -0.1) is 0 Å². The Morgan fingerprint density at radius 1 is 0.935 bits per heavy atom. The van der Waals surface area contributed by atoms with E-state index in [-0.39, 0.29) is 12.1 Å².